The molecule has 104 valence electrons. The Labute approximate surface area is 124 Å². The minimum Gasteiger partial charge on any atom is -0.339 e. The fraction of sp³-hybridized carbons (Fsp3) is 0.385. The topological polar surface area (TPSA) is 64.7 Å². The summed E-state index contributed by atoms with van der Waals surface area (Å²) in [6.45, 7) is 6.16. The van der Waals surface area contributed by atoms with Gasteiger partial charge in [-0.2, -0.15) is 4.98 Å². The molecule has 0 unspecified atom stereocenters. The third-order valence-corrected chi connectivity index (χ3v) is 4.68. The van der Waals surface area contributed by atoms with Gasteiger partial charge < -0.3 is 4.52 Å². The quantitative estimate of drug-likeness (QED) is 0.543. The maximum absolute atomic E-state index is 5.29. The van der Waals surface area contributed by atoms with Crippen molar-refractivity contribution in [2.45, 2.75) is 37.0 Å². The van der Waals surface area contributed by atoms with Gasteiger partial charge in [0.15, 0.2) is 5.82 Å². The number of thioether (sulfide) groups is 1. The predicted molar refractivity (Wildman–Crippen MR) is 80.0 cm³/mol. The van der Waals surface area contributed by atoms with Crippen LogP contribution in [0.2, 0.25) is 0 Å². The first-order chi connectivity index (χ1) is 9.54. The monoisotopic (exact) mass is 306 g/mol. The molecular formula is C13H14N4OS2. The SMILES string of the molecule is CC(C)(C)c1nc(CSc2ncnc3ccsc23)no1. The molecule has 3 rings (SSSR count). The second-order valence-corrected chi connectivity index (χ2v) is 7.25. The van der Waals surface area contributed by atoms with Crippen LogP contribution in [0.5, 0.6) is 0 Å². The lowest BCUT2D eigenvalue weighted by Gasteiger charge is -2.10. The van der Waals surface area contributed by atoms with Gasteiger partial charge >= 0.3 is 0 Å². The van der Waals surface area contributed by atoms with E-state index in [1.54, 1.807) is 29.4 Å². The molecule has 3 aromatic heterocycles. The zero-order valence-corrected chi connectivity index (χ0v) is 13.1. The minimum absolute atomic E-state index is 0.119. The van der Waals surface area contributed by atoms with E-state index in [9.17, 15) is 0 Å². The summed E-state index contributed by atoms with van der Waals surface area (Å²) in [5.41, 5.74) is 0.863. The van der Waals surface area contributed by atoms with E-state index in [2.05, 4.69) is 40.9 Å². The van der Waals surface area contributed by atoms with Gasteiger partial charge in [-0.1, -0.05) is 37.7 Å². The minimum atomic E-state index is -0.119. The smallest absolute Gasteiger partial charge is 0.232 e. The Morgan fingerprint density at radius 2 is 2.15 bits per heavy atom. The van der Waals surface area contributed by atoms with Crippen molar-refractivity contribution in [1.82, 2.24) is 20.1 Å². The number of nitrogens with zero attached hydrogens (tertiary/aromatic N) is 4. The number of aromatic nitrogens is 4. The van der Waals surface area contributed by atoms with Crippen LogP contribution in [0, 0.1) is 0 Å². The molecule has 7 heteroatoms. The largest absolute Gasteiger partial charge is 0.339 e. The van der Waals surface area contributed by atoms with Gasteiger partial charge in [-0.25, -0.2) is 9.97 Å². The molecule has 0 saturated carbocycles. The molecule has 0 spiro atoms. The lowest BCUT2D eigenvalue weighted by molar-refractivity contribution is 0.319. The van der Waals surface area contributed by atoms with Crippen LogP contribution in [-0.4, -0.2) is 20.1 Å². The first kappa shape index (κ1) is 13.5. The van der Waals surface area contributed by atoms with E-state index in [0.29, 0.717) is 17.5 Å². The van der Waals surface area contributed by atoms with Gasteiger partial charge in [0.25, 0.3) is 0 Å². The number of thiophene rings is 1. The molecule has 0 fully saturated rings. The number of rotatable bonds is 3. The standard InChI is InChI=1S/C13H14N4OS2/c1-13(2,3)12-16-9(17-18-12)6-20-11-10-8(4-5-19-10)14-7-15-11/h4-5,7H,6H2,1-3H3. The zero-order valence-electron chi connectivity index (χ0n) is 11.5. The Morgan fingerprint density at radius 3 is 2.90 bits per heavy atom. The molecule has 0 atom stereocenters. The number of hydrogen-bond donors (Lipinski definition) is 0. The van der Waals surface area contributed by atoms with Gasteiger partial charge in [0.2, 0.25) is 5.89 Å². The van der Waals surface area contributed by atoms with Crippen LogP contribution < -0.4 is 0 Å². The van der Waals surface area contributed by atoms with Crippen molar-refractivity contribution in [3.8, 4) is 0 Å². The predicted octanol–water partition coefficient (Wildman–Crippen LogP) is 3.66. The normalized spacial score (nSPS) is 12.2. The molecular weight excluding hydrogens is 292 g/mol. The van der Waals surface area contributed by atoms with Crippen molar-refractivity contribution in [2.24, 2.45) is 0 Å². The molecule has 0 bridgehead atoms. The lowest BCUT2D eigenvalue weighted by Crippen LogP contribution is -2.11. The summed E-state index contributed by atoms with van der Waals surface area (Å²) in [6.07, 6.45) is 1.59. The molecule has 0 aromatic carbocycles. The van der Waals surface area contributed by atoms with Crippen molar-refractivity contribution < 1.29 is 4.52 Å². The van der Waals surface area contributed by atoms with Crippen LogP contribution in [-0.2, 0) is 11.2 Å². The zero-order chi connectivity index (χ0) is 14.2. The van der Waals surface area contributed by atoms with Crippen molar-refractivity contribution in [2.75, 3.05) is 0 Å². The van der Waals surface area contributed by atoms with E-state index in [1.165, 1.54) is 0 Å². The Hall–Kier alpha value is -1.47. The van der Waals surface area contributed by atoms with Crippen molar-refractivity contribution in [1.29, 1.82) is 0 Å². The third kappa shape index (κ3) is 2.69. The van der Waals surface area contributed by atoms with Crippen LogP contribution in [0.3, 0.4) is 0 Å². The fourth-order valence-electron chi connectivity index (χ4n) is 1.62. The first-order valence-electron chi connectivity index (χ1n) is 6.18. The van der Waals surface area contributed by atoms with E-state index < -0.39 is 0 Å². The molecule has 3 heterocycles. The Morgan fingerprint density at radius 1 is 1.30 bits per heavy atom. The van der Waals surface area contributed by atoms with Gasteiger partial charge in [0.05, 0.1) is 16.0 Å². The third-order valence-electron chi connectivity index (χ3n) is 2.66. The fourth-order valence-corrected chi connectivity index (χ4v) is 3.41. The van der Waals surface area contributed by atoms with E-state index in [1.807, 2.05) is 11.4 Å². The van der Waals surface area contributed by atoms with Gasteiger partial charge in [-0.05, 0) is 11.4 Å². The molecule has 3 aromatic rings. The van der Waals surface area contributed by atoms with Gasteiger partial charge in [0, 0.05) is 5.41 Å². The lowest BCUT2D eigenvalue weighted by atomic mass is 9.97. The summed E-state index contributed by atoms with van der Waals surface area (Å²) < 4.78 is 6.39. The molecule has 0 N–H and O–H groups in total. The molecule has 5 nitrogen and oxygen atoms in total. The van der Waals surface area contributed by atoms with E-state index >= 15 is 0 Å². The summed E-state index contributed by atoms with van der Waals surface area (Å²) in [5.74, 6) is 2.00. The van der Waals surface area contributed by atoms with Gasteiger partial charge in [0.1, 0.15) is 11.4 Å². The average Bonchev–Trinajstić information content (AvgIpc) is 3.04. The molecule has 0 radical (unpaired) electrons. The van der Waals surface area contributed by atoms with Gasteiger partial charge in [-0.15, -0.1) is 11.3 Å². The molecule has 0 saturated heterocycles. The van der Waals surface area contributed by atoms with Crippen molar-refractivity contribution >= 4 is 33.3 Å². The van der Waals surface area contributed by atoms with E-state index in [-0.39, 0.29) is 5.41 Å². The maximum atomic E-state index is 5.29. The Balaban J connectivity index is 1.76. The summed E-state index contributed by atoms with van der Waals surface area (Å²) in [5, 5.41) is 7.01. The Kier molecular flexibility index (Phi) is 3.47. The summed E-state index contributed by atoms with van der Waals surface area (Å²) in [4.78, 5) is 13.0. The Bertz CT molecular complexity index is 729. The van der Waals surface area contributed by atoms with Crippen molar-refractivity contribution in [3.63, 3.8) is 0 Å². The van der Waals surface area contributed by atoms with Crippen LogP contribution >= 0.6 is 23.1 Å². The first-order valence-corrected chi connectivity index (χ1v) is 8.04. The molecule has 0 aliphatic rings. The summed E-state index contributed by atoms with van der Waals surface area (Å²) >= 11 is 3.25. The average molecular weight is 306 g/mol. The van der Waals surface area contributed by atoms with Crippen molar-refractivity contribution in [3.05, 3.63) is 29.5 Å². The molecule has 0 aliphatic heterocycles. The second kappa shape index (κ2) is 5.14. The van der Waals surface area contributed by atoms with E-state index in [4.69, 9.17) is 4.52 Å². The number of fused-ring (bicyclic) bond motifs is 1. The van der Waals surface area contributed by atoms with Gasteiger partial charge in [-0.3, -0.25) is 0 Å². The highest BCUT2D eigenvalue weighted by Crippen LogP contribution is 2.30. The van der Waals surface area contributed by atoms with E-state index in [0.717, 1.165) is 15.2 Å². The van der Waals surface area contributed by atoms with Crippen LogP contribution in [0.25, 0.3) is 10.2 Å². The molecule has 0 aliphatic carbocycles. The highest BCUT2D eigenvalue weighted by atomic mass is 32.2. The molecule has 20 heavy (non-hydrogen) atoms. The maximum Gasteiger partial charge on any atom is 0.232 e. The highest BCUT2D eigenvalue weighted by molar-refractivity contribution is 7.98. The summed E-state index contributed by atoms with van der Waals surface area (Å²) in [7, 11) is 0. The van der Waals surface area contributed by atoms with Crippen LogP contribution in [0.15, 0.2) is 27.3 Å². The van der Waals surface area contributed by atoms with Crippen LogP contribution in [0.1, 0.15) is 32.5 Å². The second-order valence-electron chi connectivity index (χ2n) is 5.37. The van der Waals surface area contributed by atoms with Crippen LogP contribution in [0.4, 0.5) is 0 Å². The number of hydrogen-bond acceptors (Lipinski definition) is 7. The molecule has 0 amide bonds. The highest BCUT2D eigenvalue weighted by Gasteiger charge is 2.21. The summed E-state index contributed by atoms with van der Waals surface area (Å²) in [6, 6.07) is 2.00.